The molecule has 1 aromatic heterocycles. The third-order valence-corrected chi connectivity index (χ3v) is 2.20. The molecule has 4 heteroatoms. The Bertz CT molecular complexity index is 487. The number of pyridine rings is 1. The normalized spacial score (nSPS) is 10.5. The molecule has 0 aliphatic rings. The highest BCUT2D eigenvalue weighted by Gasteiger charge is 2.07. The Kier molecular flexibility index (Phi) is 2.25. The van der Waals surface area contributed by atoms with Gasteiger partial charge in [-0.3, -0.25) is 0 Å². The Morgan fingerprint density at radius 1 is 1.43 bits per heavy atom. The number of benzene rings is 1. The van der Waals surface area contributed by atoms with Gasteiger partial charge >= 0.3 is 0 Å². The quantitative estimate of drug-likeness (QED) is 0.677. The zero-order chi connectivity index (χ0) is 10.1. The van der Waals surface area contributed by atoms with E-state index in [1.54, 1.807) is 12.1 Å². The van der Waals surface area contributed by atoms with Crippen LogP contribution in [0.25, 0.3) is 10.8 Å². The summed E-state index contributed by atoms with van der Waals surface area (Å²) in [6, 6.07) is 4.78. The van der Waals surface area contributed by atoms with Crippen LogP contribution >= 0.6 is 11.6 Å². The third kappa shape index (κ3) is 1.40. The molecule has 0 atom stereocenters. The van der Waals surface area contributed by atoms with E-state index >= 15 is 0 Å². The van der Waals surface area contributed by atoms with Crippen LogP contribution in [0.2, 0.25) is 5.15 Å². The fourth-order valence-electron chi connectivity index (χ4n) is 1.29. The van der Waals surface area contributed by atoms with Gasteiger partial charge in [-0.25, -0.2) is 9.37 Å². The van der Waals surface area contributed by atoms with Gasteiger partial charge in [0.15, 0.2) is 11.6 Å². The molecule has 2 rings (SSSR count). The van der Waals surface area contributed by atoms with E-state index in [2.05, 4.69) is 4.98 Å². The van der Waals surface area contributed by atoms with E-state index in [9.17, 15) is 4.39 Å². The first-order valence-electron chi connectivity index (χ1n) is 4.00. The van der Waals surface area contributed by atoms with Gasteiger partial charge in [-0.05, 0) is 18.2 Å². The van der Waals surface area contributed by atoms with E-state index in [4.69, 9.17) is 16.3 Å². The molecule has 0 N–H and O–H groups in total. The topological polar surface area (TPSA) is 22.1 Å². The molecule has 0 radical (unpaired) electrons. The Morgan fingerprint density at radius 2 is 2.21 bits per heavy atom. The van der Waals surface area contributed by atoms with Crippen LogP contribution in [0, 0.1) is 5.82 Å². The number of halogens is 2. The summed E-state index contributed by atoms with van der Waals surface area (Å²) in [7, 11) is 1.42. The second kappa shape index (κ2) is 3.42. The summed E-state index contributed by atoms with van der Waals surface area (Å²) in [6.45, 7) is 0. The van der Waals surface area contributed by atoms with Crippen LogP contribution < -0.4 is 4.74 Å². The minimum absolute atomic E-state index is 0.208. The van der Waals surface area contributed by atoms with Gasteiger partial charge in [0, 0.05) is 17.0 Å². The van der Waals surface area contributed by atoms with Crippen LogP contribution in [0.5, 0.6) is 5.75 Å². The molecule has 0 saturated heterocycles. The van der Waals surface area contributed by atoms with Crippen molar-refractivity contribution in [1.29, 1.82) is 0 Å². The molecule has 2 aromatic rings. The van der Waals surface area contributed by atoms with Crippen molar-refractivity contribution in [3.05, 3.63) is 35.4 Å². The van der Waals surface area contributed by atoms with Crippen LogP contribution in [0.4, 0.5) is 4.39 Å². The highest BCUT2D eigenvalue weighted by Crippen LogP contribution is 2.26. The molecule has 0 unspecified atom stereocenters. The van der Waals surface area contributed by atoms with Crippen molar-refractivity contribution >= 4 is 22.4 Å². The average Bonchev–Trinajstić information content (AvgIpc) is 2.20. The number of methoxy groups -OCH3 is 1. The number of hydrogen-bond donors (Lipinski definition) is 0. The van der Waals surface area contributed by atoms with Crippen molar-refractivity contribution in [2.75, 3.05) is 7.11 Å². The first kappa shape index (κ1) is 9.21. The molecule has 0 aliphatic heterocycles. The lowest BCUT2D eigenvalue weighted by Gasteiger charge is -2.04. The average molecular weight is 212 g/mol. The molecule has 0 saturated carbocycles. The summed E-state index contributed by atoms with van der Waals surface area (Å²) in [4.78, 5) is 3.86. The molecule has 14 heavy (non-hydrogen) atoms. The van der Waals surface area contributed by atoms with Gasteiger partial charge in [-0.15, -0.1) is 0 Å². The van der Waals surface area contributed by atoms with Gasteiger partial charge < -0.3 is 4.74 Å². The Hall–Kier alpha value is -1.35. The van der Waals surface area contributed by atoms with Crippen LogP contribution in [0.3, 0.4) is 0 Å². The predicted octanol–water partition coefficient (Wildman–Crippen LogP) is 3.04. The van der Waals surface area contributed by atoms with Gasteiger partial charge in [0.25, 0.3) is 0 Å². The van der Waals surface area contributed by atoms with Gasteiger partial charge in [0.1, 0.15) is 5.15 Å². The van der Waals surface area contributed by atoms with E-state index in [0.29, 0.717) is 10.8 Å². The van der Waals surface area contributed by atoms with Crippen molar-refractivity contribution < 1.29 is 9.13 Å². The zero-order valence-corrected chi connectivity index (χ0v) is 8.18. The summed E-state index contributed by atoms with van der Waals surface area (Å²) in [5, 5.41) is 1.39. The monoisotopic (exact) mass is 211 g/mol. The molecule has 1 heterocycles. The Morgan fingerprint density at radius 3 is 2.93 bits per heavy atom. The van der Waals surface area contributed by atoms with Crippen LogP contribution in [0.1, 0.15) is 0 Å². The van der Waals surface area contributed by atoms with Crippen molar-refractivity contribution in [2.45, 2.75) is 0 Å². The molecule has 0 bridgehead atoms. The molecular weight excluding hydrogens is 205 g/mol. The second-order valence-corrected chi connectivity index (χ2v) is 3.20. The summed E-state index contributed by atoms with van der Waals surface area (Å²) in [6.07, 6.45) is 1.53. The number of ether oxygens (including phenoxy) is 1. The van der Waals surface area contributed by atoms with Crippen LogP contribution in [0.15, 0.2) is 24.4 Å². The molecule has 72 valence electrons. The first-order valence-corrected chi connectivity index (χ1v) is 4.38. The van der Waals surface area contributed by atoms with E-state index in [0.717, 1.165) is 0 Å². The molecule has 0 fully saturated rings. The second-order valence-electron chi connectivity index (χ2n) is 2.81. The standard InChI is InChI=1S/C10H7ClFNO/c1-14-8-3-2-6-5-13-9(11)4-7(6)10(8)12/h2-5H,1H3. The maximum atomic E-state index is 13.6. The lowest BCUT2D eigenvalue weighted by molar-refractivity contribution is 0.389. The highest BCUT2D eigenvalue weighted by atomic mass is 35.5. The molecule has 1 aromatic carbocycles. The SMILES string of the molecule is COc1ccc2cnc(Cl)cc2c1F. The number of nitrogens with zero attached hydrogens (tertiary/aromatic N) is 1. The molecule has 0 aliphatic carbocycles. The van der Waals surface area contributed by atoms with Crippen LogP contribution in [-0.2, 0) is 0 Å². The Balaban J connectivity index is 2.79. The summed E-state index contributed by atoms with van der Waals surface area (Å²) >= 11 is 5.67. The first-order chi connectivity index (χ1) is 6.72. The van der Waals surface area contributed by atoms with Gasteiger partial charge in [0.05, 0.1) is 7.11 Å². The lowest BCUT2D eigenvalue weighted by atomic mass is 10.1. The van der Waals surface area contributed by atoms with Crippen molar-refractivity contribution in [1.82, 2.24) is 4.98 Å². The number of fused-ring (bicyclic) bond motifs is 1. The molecule has 0 spiro atoms. The summed E-state index contributed by atoms with van der Waals surface area (Å²) in [5.74, 6) is -0.200. The smallest absolute Gasteiger partial charge is 0.173 e. The highest BCUT2D eigenvalue weighted by molar-refractivity contribution is 6.30. The minimum atomic E-state index is -0.408. The minimum Gasteiger partial charge on any atom is -0.494 e. The lowest BCUT2D eigenvalue weighted by Crippen LogP contribution is -1.89. The maximum absolute atomic E-state index is 13.6. The number of rotatable bonds is 1. The van der Waals surface area contributed by atoms with Gasteiger partial charge in [-0.1, -0.05) is 11.6 Å². The molecular formula is C10H7ClFNO. The third-order valence-electron chi connectivity index (χ3n) is 1.99. The number of hydrogen-bond acceptors (Lipinski definition) is 2. The fraction of sp³-hybridized carbons (Fsp3) is 0.100. The van der Waals surface area contributed by atoms with Gasteiger partial charge in [0.2, 0.25) is 0 Å². The Labute approximate surface area is 85.3 Å². The van der Waals surface area contributed by atoms with Crippen molar-refractivity contribution in [3.8, 4) is 5.75 Å². The molecule has 2 nitrogen and oxygen atoms in total. The molecule has 0 amide bonds. The van der Waals surface area contributed by atoms with Crippen molar-refractivity contribution in [3.63, 3.8) is 0 Å². The fourth-order valence-corrected chi connectivity index (χ4v) is 1.45. The summed E-state index contributed by atoms with van der Waals surface area (Å²) in [5.41, 5.74) is 0. The van der Waals surface area contributed by atoms with E-state index in [-0.39, 0.29) is 10.9 Å². The van der Waals surface area contributed by atoms with Crippen molar-refractivity contribution in [2.24, 2.45) is 0 Å². The number of aromatic nitrogens is 1. The summed E-state index contributed by atoms with van der Waals surface area (Å²) < 4.78 is 18.5. The van der Waals surface area contributed by atoms with Crippen LogP contribution in [-0.4, -0.2) is 12.1 Å². The van der Waals surface area contributed by atoms with E-state index < -0.39 is 5.82 Å². The zero-order valence-electron chi connectivity index (χ0n) is 7.42. The predicted molar refractivity (Wildman–Crippen MR) is 53.3 cm³/mol. The largest absolute Gasteiger partial charge is 0.494 e. The maximum Gasteiger partial charge on any atom is 0.173 e. The van der Waals surface area contributed by atoms with E-state index in [1.165, 1.54) is 19.4 Å². The van der Waals surface area contributed by atoms with E-state index in [1.807, 2.05) is 0 Å². The van der Waals surface area contributed by atoms with Gasteiger partial charge in [-0.2, -0.15) is 0 Å².